The lowest BCUT2D eigenvalue weighted by atomic mass is 9.84. The molecular formula is C36H37F4N7O2. The minimum atomic E-state index is -4.14. The van der Waals surface area contributed by atoms with Crippen molar-refractivity contribution in [1.82, 2.24) is 25.2 Å². The molecule has 1 aliphatic heterocycles. The van der Waals surface area contributed by atoms with Gasteiger partial charge in [0.2, 0.25) is 0 Å². The van der Waals surface area contributed by atoms with E-state index in [0.717, 1.165) is 84.3 Å². The number of hydrogen-bond acceptors (Lipinski definition) is 8. The van der Waals surface area contributed by atoms with Crippen molar-refractivity contribution in [2.24, 2.45) is 5.92 Å². The Morgan fingerprint density at radius 2 is 1.45 bits per heavy atom. The summed E-state index contributed by atoms with van der Waals surface area (Å²) < 4.78 is 61.5. The average molecular weight is 676 g/mol. The number of pyridine rings is 1. The van der Waals surface area contributed by atoms with E-state index in [4.69, 9.17) is 0 Å². The molecule has 3 aromatic carbocycles. The van der Waals surface area contributed by atoms with Crippen molar-refractivity contribution < 1.29 is 27.8 Å². The molecule has 49 heavy (non-hydrogen) atoms. The van der Waals surface area contributed by atoms with Crippen LogP contribution in [0.4, 0.5) is 28.9 Å². The van der Waals surface area contributed by atoms with E-state index >= 15 is 8.78 Å². The van der Waals surface area contributed by atoms with Gasteiger partial charge in [-0.15, -0.1) is 5.10 Å². The molecule has 1 fully saturated rings. The highest BCUT2D eigenvalue weighted by atomic mass is 19.3. The molecule has 0 bridgehead atoms. The van der Waals surface area contributed by atoms with Gasteiger partial charge >= 0.3 is 5.92 Å². The van der Waals surface area contributed by atoms with Crippen molar-refractivity contribution in [3.63, 3.8) is 0 Å². The Labute approximate surface area is 281 Å². The van der Waals surface area contributed by atoms with Crippen LogP contribution in [0.25, 0.3) is 11.1 Å². The lowest BCUT2D eigenvalue weighted by molar-refractivity contribution is -0.207. The maximum absolute atomic E-state index is 16.1. The smallest absolute Gasteiger partial charge is 0.323 e. The van der Waals surface area contributed by atoms with E-state index in [9.17, 15) is 19.0 Å². The Hall–Kier alpha value is -4.88. The third kappa shape index (κ3) is 6.86. The molecule has 3 atom stereocenters. The van der Waals surface area contributed by atoms with Crippen molar-refractivity contribution in [1.29, 1.82) is 0 Å². The summed E-state index contributed by atoms with van der Waals surface area (Å²) in [5.74, 6) is -6.27. The summed E-state index contributed by atoms with van der Waals surface area (Å²) >= 11 is 0. The number of anilines is 2. The first-order chi connectivity index (χ1) is 23.5. The number of alkyl halides is 2. The Balaban J connectivity index is 1.13. The molecule has 2 N–H and O–H groups in total. The fourth-order valence-electron chi connectivity index (χ4n) is 6.15. The highest BCUT2D eigenvalue weighted by molar-refractivity contribution is 5.66. The molecular weight excluding hydrogens is 638 g/mol. The molecule has 9 nitrogen and oxygen atoms in total. The lowest BCUT2D eigenvalue weighted by Gasteiger charge is -2.37. The molecule has 256 valence electrons. The second kappa shape index (κ2) is 13.9. The van der Waals surface area contributed by atoms with Crippen LogP contribution < -0.4 is 9.80 Å². The Kier molecular flexibility index (Phi) is 9.66. The van der Waals surface area contributed by atoms with Gasteiger partial charge in [-0.2, -0.15) is 8.78 Å². The third-order valence-electron chi connectivity index (χ3n) is 9.39. The summed E-state index contributed by atoms with van der Waals surface area (Å²) in [6, 6.07) is 20.4. The topological polar surface area (TPSA) is 103 Å². The first kappa shape index (κ1) is 34.0. The van der Waals surface area contributed by atoms with Crippen molar-refractivity contribution in [2.45, 2.75) is 44.4 Å². The minimum absolute atomic E-state index is 0.198. The summed E-state index contributed by atoms with van der Waals surface area (Å²) in [5.41, 5.74) is -0.461. The maximum Gasteiger partial charge on any atom is 0.323 e. The van der Waals surface area contributed by atoms with E-state index < -0.39 is 47.1 Å². The number of aliphatic hydroxyl groups is 2. The van der Waals surface area contributed by atoms with Crippen molar-refractivity contribution >= 4 is 11.4 Å². The normalized spacial score (nSPS) is 16.3. The van der Waals surface area contributed by atoms with Gasteiger partial charge in [0.05, 0.1) is 12.6 Å². The SMILES string of the molecule is CCC(C)C(O)c1ccc(N2CCN(c3ccc(-c4ccc(C(F)(F)[C@](O)(Cn5cnnn5)c5ccc(F)cc5F)nc4)cc3)CC2)cc1. The molecule has 0 amide bonds. The second-order valence-electron chi connectivity index (χ2n) is 12.4. The van der Waals surface area contributed by atoms with Gasteiger partial charge in [0, 0.05) is 60.9 Å². The van der Waals surface area contributed by atoms with E-state index in [-0.39, 0.29) is 5.92 Å². The van der Waals surface area contributed by atoms with Crippen molar-refractivity contribution in [2.75, 3.05) is 36.0 Å². The third-order valence-corrected chi connectivity index (χ3v) is 9.39. The van der Waals surface area contributed by atoms with Crippen LogP contribution in [0.15, 0.2) is 91.4 Å². The van der Waals surface area contributed by atoms with Crippen LogP contribution in [0.3, 0.4) is 0 Å². The zero-order valence-electron chi connectivity index (χ0n) is 27.1. The van der Waals surface area contributed by atoms with Crippen LogP contribution in [0.1, 0.15) is 43.2 Å². The van der Waals surface area contributed by atoms with Gasteiger partial charge in [0.1, 0.15) is 23.7 Å². The summed E-state index contributed by atoms with van der Waals surface area (Å²) in [7, 11) is 0. The molecule has 3 heterocycles. The van der Waals surface area contributed by atoms with Gasteiger partial charge in [0.15, 0.2) is 5.60 Å². The molecule has 0 saturated carbocycles. The molecule has 6 rings (SSSR count). The minimum Gasteiger partial charge on any atom is -0.388 e. The molecule has 0 radical (unpaired) electrons. The molecule has 2 unspecified atom stereocenters. The number of nitrogens with zero attached hydrogens (tertiary/aromatic N) is 7. The average Bonchev–Trinajstić information content (AvgIpc) is 3.64. The maximum atomic E-state index is 16.1. The summed E-state index contributed by atoms with van der Waals surface area (Å²) in [5, 5.41) is 32.3. The van der Waals surface area contributed by atoms with Gasteiger partial charge in [-0.1, -0.05) is 50.6 Å². The number of aliphatic hydroxyl groups excluding tert-OH is 1. The Bertz CT molecular complexity index is 1830. The predicted molar refractivity (Wildman–Crippen MR) is 177 cm³/mol. The summed E-state index contributed by atoms with van der Waals surface area (Å²) in [6.07, 6.45) is 2.71. The first-order valence-corrected chi connectivity index (χ1v) is 16.1. The molecule has 1 aliphatic rings. The van der Waals surface area contributed by atoms with Crippen LogP contribution in [0, 0.1) is 17.6 Å². The highest BCUT2D eigenvalue weighted by Gasteiger charge is 2.58. The van der Waals surface area contributed by atoms with Gasteiger partial charge in [-0.05, 0) is 69.9 Å². The van der Waals surface area contributed by atoms with E-state index in [0.29, 0.717) is 11.6 Å². The Morgan fingerprint density at radius 3 is 1.98 bits per heavy atom. The molecule has 5 aromatic rings. The first-order valence-electron chi connectivity index (χ1n) is 16.1. The van der Waals surface area contributed by atoms with Gasteiger partial charge < -0.3 is 20.0 Å². The van der Waals surface area contributed by atoms with E-state index in [2.05, 4.69) is 49.4 Å². The number of hydrogen-bond donors (Lipinski definition) is 2. The van der Waals surface area contributed by atoms with E-state index in [1.807, 2.05) is 43.3 Å². The van der Waals surface area contributed by atoms with Crippen LogP contribution in [-0.4, -0.2) is 61.6 Å². The second-order valence-corrected chi connectivity index (χ2v) is 12.4. The zero-order chi connectivity index (χ0) is 34.8. The van der Waals surface area contributed by atoms with Crippen molar-refractivity contribution in [3.05, 3.63) is 120 Å². The number of halogens is 4. The predicted octanol–water partition coefficient (Wildman–Crippen LogP) is 6.10. The number of tetrazole rings is 1. The standard InChI is InChI=1S/C36H37F4N7O2/c1-3-24(2)34(48)26-6-12-30(13-7-26)46-18-16-45(17-19-46)29-10-4-25(5-11-29)27-8-15-33(41-21-27)36(39,40)35(49,22-47-23-42-43-44-47)31-14-9-28(37)20-32(31)38/h4-15,20-21,23-24,34,48-49H,3,16-19,22H2,1-2H3/t24?,34?,35-/m0/s1. The fourth-order valence-corrected chi connectivity index (χ4v) is 6.15. The highest BCUT2D eigenvalue weighted by Crippen LogP contribution is 2.47. The lowest BCUT2D eigenvalue weighted by Crippen LogP contribution is -2.48. The van der Waals surface area contributed by atoms with Crippen LogP contribution in [0.5, 0.6) is 0 Å². The molecule has 1 saturated heterocycles. The summed E-state index contributed by atoms with van der Waals surface area (Å²) in [4.78, 5) is 8.58. The number of piperazine rings is 1. The van der Waals surface area contributed by atoms with Crippen LogP contribution >= 0.6 is 0 Å². The molecule has 13 heteroatoms. The Morgan fingerprint density at radius 1 is 0.837 bits per heavy atom. The number of rotatable bonds is 11. The molecule has 0 aliphatic carbocycles. The van der Waals surface area contributed by atoms with Gasteiger partial charge in [-0.3, -0.25) is 4.98 Å². The van der Waals surface area contributed by atoms with Crippen molar-refractivity contribution in [3.8, 4) is 11.1 Å². The van der Waals surface area contributed by atoms with E-state index in [1.54, 1.807) is 0 Å². The number of benzene rings is 3. The van der Waals surface area contributed by atoms with Crippen LogP contribution in [-0.2, 0) is 18.1 Å². The van der Waals surface area contributed by atoms with Gasteiger partial charge in [-0.25, -0.2) is 13.5 Å². The molecule has 2 aromatic heterocycles. The van der Waals surface area contributed by atoms with E-state index in [1.165, 1.54) is 12.3 Å². The zero-order valence-corrected chi connectivity index (χ0v) is 27.1. The molecule has 0 spiro atoms. The summed E-state index contributed by atoms with van der Waals surface area (Å²) in [6.45, 7) is 6.47. The quantitative estimate of drug-likeness (QED) is 0.162. The monoisotopic (exact) mass is 675 g/mol. The fraction of sp³-hybridized carbons (Fsp3) is 0.333. The van der Waals surface area contributed by atoms with Gasteiger partial charge in [0.25, 0.3) is 0 Å². The van der Waals surface area contributed by atoms with Crippen LogP contribution in [0.2, 0.25) is 0 Å². The number of aromatic nitrogens is 5. The largest absolute Gasteiger partial charge is 0.388 e.